The van der Waals surface area contributed by atoms with Crippen LogP contribution < -0.4 is 5.32 Å². The molecule has 1 aromatic rings. The maximum absolute atomic E-state index is 6.25. The first-order valence-corrected chi connectivity index (χ1v) is 7.45. The van der Waals surface area contributed by atoms with Gasteiger partial charge in [0, 0.05) is 11.1 Å². The molecule has 0 aromatic heterocycles. The molecule has 1 N–H and O–H groups in total. The molecule has 1 aliphatic carbocycles. The highest BCUT2D eigenvalue weighted by atomic mass is 35.5. The maximum Gasteiger partial charge on any atom is 0.0438 e. The van der Waals surface area contributed by atoms with Crippen molar-refractivity contribution in [1.82, 2.24) is 5.32 Å². The van der Waals surface area contributed by atoms with Crippen molar-refractivity contribution in [2.45, 2.75) is 52.0 Å². The molecule has 0 spiro atoms. The second kappa shape index (κ2) is 6.08. The molecule has 0 heterocycles. The van der Waals surface area contributed by atoms with Gasteiger partial charge in [0.25, 0.3) is 0 Å². The minimum Gasteiger partial charge on any atom is -0.314 e. The van der Waals surface area contributed by atoms with Crippen LogP contribution in [-0.2, 0) is 0 Å². The first-order chi connectivity index (χ1) is 8.58. The molecule has 0 saturated heterocycles. The van der Waals surface area contributed by atoms with Crippen molar-refractivity contribution in [2.75, 3.05) is 6.54 Å². The first-order valence-electron chi connectivity index (χ1n) is 7.07. The van der Waals surface area contributed by atoms with Crippen molar-refractivity contribution in [3.63, 3.8) is 0 Å². The fourth-order valence-corrected chi connectivity index (χ4v) is 3.14. The summed E-state index contributed by atoms with van der Waals surface area (Å²) in [6.45, 7) is 7.63. The summed E-state index contributed by atoms with van der Waals surface area (Å²) in [5, 5.41) is 4.49. The van der Waals surface area contributed by atoms with Gasteiger partial charge in [-0.2, -0.15) is 0 Å². The number of rotatable bonds is 4. The van der Waals surface area contributed by atoms with E-state index in [-0.39, 0.29) is 0 Å². The average Bonchev–Trinajstić information content (AvgIpc) is 2.78. The van der Waals surface area contributed by atoms with Crippen LogP contribution >= 0.6 is 11.6 Å². The lowest BCUT2D eigenvalue weighted by molar-refractivity contribution is 0.423. The van der Waals surface area contributed by atoms with Crippen LogP contribution in [0, 0.1) is 12.8 Å². The van der Waals surface area contributed by atoms with Crippen LogP contribution in [0.4, 0.5) is 0 Å². The maximum atomic E-state index is 6.25. The van der Waals surface area contributed by atoms with Gasteiger partial charge in [0.2, 0.25) is 0 Å². The topological polar surface area (TPSA) is 12.0 Å². The fraction of sp³-hybridized carbons (Fsp3) is 0.625. The average molecular weight is 266 g/mol. The molecular weight excluding hydrogens is 242 g/mol. The Hall–Kier alpha value is -0.530. The van der Waals surface area contributed by atoms with E-state index in [2.05, 4.69) is 44.3 Å². The van der Waals surface area contributed by atoms with E-state index in [4.69, 9.17) is 11.6 Å². The monoisotopic (exact) mass is 265 g/mol. The Labute approximate surface area is 116 Å². The molecule has 1 fully saturated rings. The lowest BCUT2D eigenvalue weighted by atomic mass is 9.88. The molecular formula is C16H24ClN. The standard InChI is InChI=1S/C16H24ClN/c1-11(2)18-10-14-5-4-6-15(14)13-8-7-12(3)16(17)9-13/h7-9,11,14-15,18H,4-6,10H2,1-3H3. The van der Waals surface area contributed by atoms with Gasteiger partial charge in [-0.05, 0) is 55.3 Å². The predicted molar refractivity (Wildman–Crippen MR) is 79.4 cm³/mol. The van der Waals surface area contributed by atoms with Crippen LogP contribution in [-0.4, -0.2) is 12.6 Å². The normalized spacial score (nSPS) is 23.8. The zero-order chi connectivity index (χ0) is 13.1. The molecule has 2 heteroatoms. The third kappa shape index (κ3) is 3.27. The Morgan fingerprint density at radius 2 is 2.11 bits per heavy atom. The van der Waals surface area contributed by atoms with Gasteiger partial charge in [0.1, 0.15) is 0 Å². The van der Waals surface area contributed by atoms with Crippen molar-refractivity contribution in [2.24, 2.45) is 5.92 Å². The Morgan fingerprint density at radius 1 is 1.33 bits per heavy atom. The molecule has 2 atom stereocenters. The van der Waals surface area contributed by atoms with E-state index in [1.807, 2.05) is 0 Å². The van der Waals surface area contributed by atoms with Gasteiger partial charge in [0.05, 0.1) is 0 Å². The number of nitrogens with one attached hydrogen (secondary N) is 1. The van der Waals surface area contributed by atoms with Crippen molar-refractivity contribution in [1.29, 1.82) is 0 Å². The van der Waals surface area contributed by atoms with Gasteiger partial charge in [-0.1, -0.05) is 44.0 Å². The number of hydrogen-bond donors (Lipinski definition) is 1. The molecule has 1 aromatic carbocycles. The fourth-order valence-electron chi connectivity index (χ4n) is 2.95. The van der Waals surface area contributed by atoms with Crippen LogP contribution in [0.15, 0.2) is 18.2 Å². The summed E-state index contributed by atoms with van der Waals surface area (Å²) in [7, 11) is 0. The van der Waals surface area contributed by atoms with Gasteiger partial charge in [-0.3, -0.25) is 0 Å². The van der Waals surface area contributed by atoms with Crippen molar-refractivity contribution >= 4 is 11.6 Å². The minimum absolute atomic E-state index is 0.577. The molecule has 1 saturated carbocycles. The highest BCUT2D eigenvalue weighted by Crippen LogP contribution is 2.40. The van der Waals surface area contributed by atoms with E-state index in [1.165, 1.54) is 30.4 Å². The van der Waals surface area contributed by atoms with Gasteiger partial charge >= 0.3 is 0 Å². The highest BCUT2D eigenvalue weighted by molar-refractivity contribution is 6.31. The quantitative estimate of drug-likeness (QED) is 0.843. The lowest BCUT2D eigenvalue weighted by Crippen LogP contribution is -2.30. The van der Waals surface area contributed by atoms with E-state index in [1.54, 1.807) is 0 Å². The molecule has 0 aliphatic heterocycles. The first kappa shape index (κ1) is 13.9. The van der Waals surface area contributed by atoms with Crippen LogP contribution in [0.1, 0.15) is 50.2 Å². The number of halogens is 1. The largest absolute Gasteiger partial charge is 0.314 e. The number of hydrogen-bond acceptors (Lipinski definition) is 1. The van der Waals surface area contributed by atoms with Gasteiger partial charge < -0.3 is 5.32 Å². The lowest BCUT2D eigenvalue weighted by Gasteiger charge is -2.22. The molecule has 18 heavy (non-hydrogen) atoms. The summed E-state index contributed by atoms with van der Waals surface area (Å²) in [4.78, 5) is 0. The van der Waals surface area contributed by atoms with Gasteiger partial charge in [-0.15, -0.1) is 0 Å². The van der Waals surface area contributed by atoms with E-state index in [0.717, 1.165) is 17.5 Å². The predicted octanol–water partition coefficient (Wildman–Crippen LogP) is 4.53. The zero-order valence-electron chi connectivity index (χ0n) is 11.7. The van der Waals surface area contributed by atoms with E-state index in [9.17, 15) is 0 Å². The summed E-state index contributed by atoms with van der Waals surface area (Å²) >= 11 is 6.25. The Kier molecular flexibility index (Phi) is 4.69. The molecule has 0 amide bonds. The van der Waals surface area contributed by atoms with Crippen LogP contribution in [0.25, 0.3) is 0 Å². The molecule has 0 bridgehead atoms. The van der Waals surface area contributed by atoms with Crippen molar-refractivity contribution < 1.29 is 0 Å². The summed E-state index contributed by atoms with van der Waals surface area (Å²) in [6, 6.07) is 7.17. The van der Waals surface area contributed by atoms with E-state index < -0.39 is 0 Å². The molecule has 1 nitrogen and oxygen atoms in total. The number of benzene rings is 1. The van der Waals surface area contributed by atoms with Crippen LogP contribution in [0.5, 0.6) is 0 Å². The highest BCUT2D eigenvalue weighted by Gasteiger charge is 2.28. The Morgan fingerprint density at radius 3 is 2.78 bits per heavy atom. The van der Waals surface area contributed by atoms with Crippen LogP contribution in [0.2, 0.25) is 5.02 Å². The van der Waals surface area contributed by atoms with Crippen LogP contribution in [0.3, 0.4) is 0 Å². The number of aryl methyl sites for hydroxylation is 1. The zero-order valence-corrected chi connectivity index (χ0v) is 12.4. The SMILES string of the molecule is Cc1ccc(C2CCCC2CNC(C)C)cc1Cl. The molecule has 0 radical (unpaired) electrons. The van der Waals surface area contributed by atoms with Gasteiger partial charge in [0.15, 0.2) is 0 Å². The Balaban J connectivity index is 2.08. The molecule has 100 valence electrons. The second-order valence-electron chi connectivity index (χ2n) is 5.87. The summed E-state index contributed by atoms with van der Waals surface area (Å²) in [5.74, 6) is 1.46. The van der Waals surface area contributed by atoms with Crippen molar-refractivity contribution in [3.05, 3.63) is 34.3 Å². The van der Waals surface area contributed by atoms with Gasteiger partial charge in [-0.25, -0.2) is 0 Å². The summed E-state index contributed by atoms with van der Waals surface area (Å²) in [5.41, 5.74) is 2.61. The minimum atomic E-state index is 0.577. The van der Waals surface area contributed by atoms with E-state index >= 15 is 0 Å². The third-order valence-electron chi connectivity index (χ3n) is 4.07. The summed E-state index contributed by atoms with van der Waals surface area (Å²) in [6.07, 6.45) is 4.00. The summed E-state index contributed by atoms with van der Waals surface area (Å²) < 4.78 is 0. The smallest absolute Gasteiger partial charge is 0.0438 e. The molecule has 2 rings (SSSR count). The second-order valence-corrected chi connectivity index (χ2v) is 6.28. The molecule has 2 unspecified atom stereocenters. The third-order valence-corrected chi connectivity index (χ3v) is 4.48. The Bertz CT molecular complexity index is 400. The molecule has 1 aliphatic rings. The van der Waals surface area contributed by atoms with Crippen molar-refractivity contribution in [3.8, 4) is 0 Å². The van der Waals surface area contributed by atoms with E-state index in [0.29, 0.717) is 12.0 Å².